The molecule has 0 heterocycles. The van der Waals surface area contributed by atoms with Crippen LogP contribution in [0.4, 0.5) is 0 Å². The van der Waals surface area contributed by atoms with Crippen molar-refractivity contribution < 1.29 is 4.79 Å². The Morgan fingerprint density at radius 2 is 2.12 bits per heavy atom. The zero-order chi connectivity index (χ0) is 12.1. The van der Waals surface area contributed by atoms with E-state index in [1.54, 1.807) is 11.1 Å². The van der Waals surface area contributed by atoms with Crippen LogP contribution in [0.1, 0.15) is 59.8 Å². The van der Waals surface area contributed by atoms with E-state index in [1.165, 1.54) is 19.3 Å². The molecule has 16 heavy (non-hydrogen) atoms. The van der Waals surface area contributed by atoms with Crippen LogP contribution in [0, 0.1) is 17.8 Å². The number of carbonyl (C=O) groups excluding carboxylic acids is 1. The molecule has 1 aliphatic rings. The zero-order valence-electron chi connectivity index (χ0n) is 11.3. The highest BCUT2D eigenvalue weighted by Gasteiger charge is 2.18. The highest BCUT2D eigenvalue weighted by Crippen LogP contribution is 2.33. The predicted molar refractivity (Wildman–Crippen MR) is 69.3 cm³/mol. The zero-order valence-corrected chi connectivity index (χ0v) is 11.3. The summed E-state index contributed by atoms with van der Waals surface area (Å²) in [7, 11) is 0. The monoisotopic (exact) mass is 222 g/mol. The van der Waals surface area contributed by atoms with E-state index in [4.69, 9.17) is 0 Å². The Labute approximate surface area is 100 Å². The maximum Gasteiger partial charge on any atom is 0.123 e. The summed E-state index contributed by atoms with van der Waals surface area (Å²) >= 11 is 0. The highest BCUT2D eigenvalue weighted by atomic mass is 16.1. The molecule has 0 bridgehead atoms. The van der Waals surface area contributed by atoms with Crippen LogP contribution in [0.25, 0.3) is 0 Å². The van der Waals surface area contributed by atoms with Crippen LogP contribution in [0.3, 0.4) is 0 Å². The van der Waals surface area contributed by atoms with Crippen molar-refractivity contribution in [2.24, 2.45) is 17.8 Å². The minimum atomic E-state index is 0.248. The van der Waals surface area contributed by atoms with Crippen molar-refractivity contribution in [3.8, 4) is 0 Å². The molecule has 0 N–H and O–H groups in total. The van der Waals surface area contributed by atoms with Crippen molar-refractivity contribution in [3.05, 3.63) is 11.1 Å². The fourth-order valence-electron chi connectivity index (χ4n) is 2.61. The lowest BCUT2D eigenvalue weighted by Crippen LogP contribution is -2.12. The number of aldehydes is 1. The first kappa shape index (κ1) is 13.5. The molecule has 0 unspecified atom stereocenters. The van der Waals surface area contributed by atoms with Crippen LogP contribution in [0.5, 0.6) is 0 Å². The van der Waals surface area contributed by atoms with Crippen LogP contribution in [0.15, 0.2) is 11.1 Å². The summed E-state index contributed by atoms with van der Waals surface area (Å²) in [5, 5.41) is 0. The lowest BCUT2D eigenvalue weighted by atomic mass is 9.81. The van der Waals surface area contributed by atoms with E-state index >= 15 is 0 Å². The van der Waals surface area contributed by atoms with Crippen LogP contribution in [0.2, 0.25) is 0 Å². The summed E-state index contributed by atoms with van der Waals surface area (Å²) in [6.07, 6.45) is 7.27. The van der Waals surface area contributed by atoms with Gasteiger partial charge in [-0.05, 0) is 50.9 Å². The first-order valence-electron chi connectivity index (χ1n) is 6.70. The standard InChI is InChI=1S/C15H26O/c1-11(2)15(10-16)9-8-14-7-5-6-12(3)13(14)4/h10-12,15H,5-9H2,1-4H3/t12-,15-/m0/s1. The fraction of sp³-hybridized carbons (Fsp3) is 0.800. The SMILES string of the molecule is CC1=C(CC[C@@H](C=O)C(C)C)CCC[C@@H]1C. The lowest BCUT2D eigenvalue weighted by Gasteiger charge is -2.25. The van der Waals surface area contributed by atoms with Gasteiger partial charge in [0.15, 0.2) is 0 Å². The van der Waals surface area contributed by atoms with Crippen LogP contribution in [-0.4, -0.2) is 6.29 Å². The molecule has 1 heteroatoms. The molecule has 1 nitrogen and oxygen atoms in total. The van der Waals surface area contributed by atoms with E-state index in [0.717, 1.165) is 25.0 Å². The maximum atomic E-state index is 10.9. The molecule has 0 spiro atoms. The molecule has 0 saturated carbocycles. The Kier molecular flexibility index (Phi) is 5.24. The lowest BCUT2D eigenvalue weighted by molar-refractivity contribution is -0.112. The van der Waals surface area contributed by atoms with Gasteiger partial charge in [-0.25, -0.2) is 0 Å². The van der Waals surface area contributed by atoms with Crippen molar-refractivity contribution in [2.45, 2.75) is 59.8 Å². The van der Waals surface area contributed by atoms with Gasteiger partial charge < -0.3 is 4.79 Å². The van der Waals surface area contributed by atoms with Gasteiger partial charge in [0.25, 0.3) is 0 Å². The Morgan fingerprint density at radius 3 is 2.69 bits per heavy atom. The summed E-state index contributed by atoms with van der Waals surface area (Å²) in [6, 6.07) is 0. The first-order chi connectivity index (χ1) is 7.56. The molecule has 0 saturated heterocycles. The van der Waals surface area contributed by atoms with E-state index < -0.39 is 0 Å². The van der Waals surface area contributed by atoms with Crippen molar-refractivity contribution >= 4 is 6.29 Å². The second kappa shape index (κ2) is 6.22. The van der Waals surface area contributed by atoms with Gasteiger partial charge in [-0.2, -0.15) is 0 Å². The summed E-state index contributed by atoms with van der Waals surface area (Å²) in [4.78, 5) is 10.9. The van der Waals surface area contributed by atoms with Crippen LogP contribution in [-0.2, 0) is 4.79 Å². The smallest absolute Gasteiger partial charge is 0.123 e. The molecule has 0 radical (unpaired) electrons. The molecular formula is C15H26O. The van der Waals surface area contributed by atoms with Crippen molar-refractivity contribution in [3.63, 3.8) is 0 Å². The van der Waals surface area contributed by atoms with Gasteiger partial charge in [-0.15, -0.1) is 0 Å². The number of hydrogen-bond acceptors (Lipinski definition) is 1. The van der Waals surface area contributed by atoms with E-state index in [-0.39, 0.29) is 5.92 Å². The third kappa shape index (κ3) is 3.47. The summed E-state index contributed by atoms with van der Waals surface area (Å²) in [5.74, 6) is 1.49. The van der Waals surface area contributed by atoms with Gasteiger partial charge in [0.1, 0.15) is 6.29 Å². The Morgan fingerprint density at radius 1 is 1.44 bits per heavy atom. The summed E-state index contributed by atoms with van der Waals surface area (Å²) < 4.78 is 0. The first-order valence-corrected chi connectivity index (χ1v) is 6.70. The van der Waals surface area contributed by atoms with E-state index in [2.05, 4.69) is 27.7 Å². The third-order valence-electron chi connectivity index (χ3n) is 4.22. The second-order valence-corrected chi connectivity index (χ2v) is 5.66. The van der Waals surface area contributed by atoms with Crippen LogP contribution < -0.4 is 0 Å². The van der Waals surface area contributed by atoms with Gasteiger partial charge in [-0.3, -0.25) is 0 Å². The average molecular weight is 222 g/mol. The minimum absolute atomic E-state index is 0.248. The quantitative estimate of drug-likeness (QED) is 0.498. The maximum absolute atomic E-state index is 10.9. The normalized spacial score (nSPS) is 23.7. The van der Waals surface area contributed by atoms with Crippen molar-refractivity contribution in [1.82, 2.24) is 0 Å². The molecule has 2 atom stereocenters. The molecular weight excluding hydrogens is 196 g/mol. The highest BCUT2D eigenvalue weighted by molar-refractivity contribution is 5.53. The van der Waals surface area contributed by atoms with E-state index in [9.17, 15) is 4.79 Å². The molecule has 0 aromatic heterocycles. The minimum Gasteiger partial charge on any atom is -0.303 e. The number of rotatable bonds is 5. The van der Waals surface area contributed by atoms with E-state index in [1.807, 2.05) is 0 Å². The molecule has 0 amide bonds. The molecule has 0 aromatic carbocycles. The summed E-state index contributed by atoms with van der Waals surface area (Å²) in [6.45, 7) is 8.90. The van der Waals surface area contributed by atoms with Gasteiger partial charge in [0, 0.05) is 5.92 Å². The Hall–Kier alpha value is -0.590. The Balaban J connectivity index is 2.53. The molecule has 92 valence electrons. The van der Waals surface area contributed by atoms with Gasteiger partial charge in [0.2, 0.25) is 0 Å². The average Bonchev–Trinajstić information content (AvgIpc) is 2.24. The van der Waals surface area contributed by atoms with Gasteiger partial charge >= 0.3 is 0 Å². The molecule has 0 fully saturated rings. The van der Waals surface area contributed by atoms with Crippen LogP contribution >= 0.6 is 0 Å². The fourth-order valence-corrected chi connectivity index (χ4v) is 2.61. The molecule has 0 aromatic rings. The topological polar surface area (TPSA) is 17.1 Å². The Bertz CT molecular complexity index is 263. The molecule has 0 aliphatic heterocycles. The number of allylic oxidation sites excluding steroid dienone is 2. The number of hydrogen-bond donors (Lipinski definition) is 0. The van der Waals surface area contributed by atoms with Gasteiger partial charge in [0.05, 0.1) is 0 Å². The third-order valence-corrected chi connectivity index (χ3v) is 4.22. The van der Waals surface area contributed by atoms with E-state index in [0.29, 0.717) is 5.92 Å². The van der Waals surface area contributed by atoms with Crippen molar-refractivity contribution in [2.75, 3.05) is 0 Å². The predicted octanol–water partition coefficient (Wildman–Crippen LogP) is 4.37. The largest absolute Gasteiger partial charge is 0.303 e. The summed E-state index contributed by atoms with van der Waals surface area (Å²) in [5.41, 5.74) is 3.23. The van der Waals surface area contributed by atoms with Crippen molar-refractivity contribution in [1.29, 1.82) is 0 Å². The molecule has 1 rings (SSSR count). The molecule has 1 aliphatic carbocycles. The second-order valence-electron chi connectivity index (χ2n) is 5.66. The van der Waals surface area contributed by atoms with Gasteiger partial charge in [-0.1, -0.05) is 31.9 Å². The number of carbonyl (C=O) groups is 1.